The molecule has 1 unspecified atom stereocenters. The quantitative estimate of drug-likeness (QED) is 0.436. The van der Waals surface area contributed by atoms with E-state index in [0.717, 1.165) is 0 Å². The van der Waals surface area contributed by atoms with E-state index in [1.54, 1.807) is 37.3 Å². The molecule has 128 valence electrons. The second-order valence-electron chi connectivity index (χ2n) is 6.14. The van der Waals surface area contributed by atoms with Gasteiger partial charge in [0.15, 0.2) is 0 Å². The Kier molecular flexibility index (Phi) is 5.90. The van der Waals surface area contributed by atoms with Crippen molar-refractivity contribution in [1.29, 1.82) is 0 Å². The van der Waals surface area contributed by atoms with Crippen LogP contribution in [0, 0.1) is 5.41 Å². The number of Topliss-reactive ketones (excluding diaryl/α,β-unsaturated/α-hetero) is 1. The van der Waals surface area contributed by atoms with Crippen LogP contribution in [0.2, 0.25) is 0 Å². The highest BCUT2D eigenvalue weighted by Gasteiger charge is 2.49. The minimum Gasteiger partial charge on any atom is -0.462 e. The highest BCUT2D eigenvalue weighted by Crippen LogP contribution is 2.39. The van der Waals surface area contributed by atoms with Gasteiger partial charge in [-0.1, -0.05) is 24.8 Å². The number of rotatable bonds is 7. The molecule has 1 atom stereocenters. The fraction of sp³-hybridized carbons (Fsp3) is 0.421. The molecule has 0 N–H and O–H groups in total. The molecule has 0 saturated heterocycles. The number of hydrogen-bond donors (Lipinski definition) is 0. The first-order valence-corrected chi connectivity index (χ1v) is 8.03. The van der Waals surface area contributed by atoms with E-state index in [1.165, 1.54) is 0 Å². The van der Waals surface area contributed by atoms with E-state index in [0.29, 0.717) is 30.4 Å². The molecule has 1 aromatic rings. The number of benzene rings is 1. The Balaban J connectivity index is 1.97. The Morgan fingerprint density at radius 1 is 1.21 bits per heavy atom. The standard InChI is InChI=1S/C19H22O5/c1-14(2)13-24-18(22)19(10-6-9-16(19)20)11-12-23-17(21)15-7-4-3-5-8-15/h3-5,7-8H,1,6,9-13H2,2H3. The Morgan fingerprint density at radius 2 is 1.92 bits per heavy atom. The van der Waals surface area contributed by atoms with Crippen LogP contribution in [0.15, 0.2) is 42.5 Å². The van der Waals surface area contributed by atoms with Gasteiger partial charge in [0.25, 0.3) is 0 Å². The minimum absolute atomic E-state index is 0.00163. The van der Waals surface area contributed by atoms with Crippen LogP contribution in [-0.4, -0.2) is 30.9 Å². The Morgan fingerprint density at radius 3 is 2.50 bits per heavy atom. The summed E-state index contributed by atoms with van der Waals surface area (Å²) in [6.45, 7) is 5.53. The highest BCUT2D eigenvalue weighted by atomic mass is 16.5. The van der Waals surface area contributed by atoms with Gasteiger partial charge in [0.2, 0.25) is 0 Å². The van der Waals surface area contributed by atoms with Crippen molar-refractivity contribution in [2.24, 2.45) is 5.41 Å². The van der Waals surface area contributed by atoms with Gasteiger partial charge >= 0.3 is 11.9 Å². The van der Waals surface area contributed by atoms with Crippen molar-refractivity contribution in [3.8, 4) is 0 Å². The number of ketones is 1. The smallest absolute Gasteiger partial charge is 0.338 e. The molecule has 0 heterocycles. The Bertz CT molecular complexity index is 634. The molecule has 1 aromatic carbocycles. The molecular weight excluding hydrogens is 308 g/mol. The summed E-state index contributed by atoms with van der Waals surface area (Å²) in [5.41, 5.74) is -0.0412. The van der Waals surface area contributed by atoms with Crippen LogP contribution in [0.5, 0.6) is 0 Å². The number of hydrogen-bond acceptors (Lipinski definition) is 5. The average molecular weight is 330 g/mol. The fourth-order valence-corrected chi connectivity index (χ4v) is 2.81. The zero-order chi connectivity index (χ0) is 17.6. The average Bonchev–Trinajstić information content (AvgIpc) is 2.95. The van der Waals surface area contributed by atoms with Crippen LogP contribution < -0.4 is 0 Å². The van der Waals surface area contributed by atoms with Gasteiger partial charge in [0.1, 0.15) is 17.8 Å². The lowest BCUT2D eigenvalue weighted by Crippen LogP contribution is -2.38. The number of esters is 2. The zero-order valence-corrected chi connectivity index (χ0v) is 13.9. The SMILES string of the molecule is C=C(C)COC(=O)C1(CCOC(=O)c2ccccc2)CCCC1=O. The predicted molar refractivity (Wildman–Crippen MR) is 88.4 cm³/mol. The summed E-state index contributed by atoms with van der Waals surface area (Å²) < 4.78 is 10.4. The molecule has 24 heavy (non-hydrogen) atoms. The minimum atomic E-state index is -1.19. The molecule has 1 aliphatic rings. The van der Waals surface area contributed by atoms with E-state index in [-0.39, 0.29) is 25.4 Å². The molecule has 0 radical (unpaired) electrons. The summed E-state index contributed by atoms with van der Waals surface area (Å²) >= 11 is 0. The lowest BCUT2D eigenvalue weighted by molar-refractivity contribution is -0.159. The molecule has 1 aliphatic carbocycles. The van der Waals surface area contributed by atoms with Gasteiger partial charge in [-0.05, 0) is 37.5 Å². The van der Waals surface area contributed by atoms with E-state index in [1.807, 2.05) is 0 Å². The van der Waals surface area contributed by atoms with Gasteiger partial charge in [-0.2, -0.15) is 0 Å². The van der Waals surface area contributed by atoms with Crippen molar-refractivity contribution in [3.05, 3.63) is 48.0 Å². The van der Waals surface area contributed by atoms with Crippen LogP contribution >= 0.6 is 0 Å². The summed E-state index contributed by atoms with van der Waals surface area (Å²) in [5.74, 6) is -1.14. The Hall–Kier alpha value is -2.43. The van der Waals surface area contributed by atoms with E-state index in [9.17, 15) is 14.4 Å². The van der Waals surface area contributed by atoms with E-state index in [4.69, 9.17) is 9.47 Å². The summed E-state index contributed by atoms with van der Waals surface area (Å²) in [5, 5.41) is 0. The molecule has 0 amide bonds. The third-order valence-electron chi connectivity index (χ3n) is 4.15. The van der Waals surface area contributed by atoms with Crippen LogP contribution in [0.4, 0.5) is 0 Å². The van der Waals surface area contributed by atoms with Gasteiger partial charge in [0, 0.05) is 12.8 Å². The third kappa shape index (κ3) is 4.10. The van der Waals surface area contributed by atoms with Crippen LogP contribution in [0.1, 0.15) is 43.0 Å². The van der Waals surface area contributed by atoms with Crippen molar-refractivity contribution in [1.82, 2.24) is 0 Å². The molecule has 0 spiro atoms. The van der Waals surface area contributed by atoms with Crippen molar-refractivity contribution in [3.63, 3.8) is 0 Å². The third-order valence-corrected chi connectivity index (χ3v) is 4.15. The summed E-state index contributed by atoms with van der Waals surface area (Å²) in [6.07, 6.45) is 1.59. The maximum Gasteiger partial charge on any atom is 0.338 e. The normalized spacial score (nSPS) is 19.8. The molecule has 1 saturated carbocycles. The molecule has 0 bridgehead atoms. The van der Waals surface area contributed by atoms with Crippen LogP contribution in [-0.2, 0) is 19.1 Å². The lowest BCUT2D eigenvalue weighted by Gasteiger charge is -2.25. The molecule has 0 aromatic heterocycles. The predicted octanol–water partition coefficient (Wildman–Crippen LogP) is 3.09. The van der Waals surface area contributed by atoms with Crippen LogP contribution in [0.3, 0.4) is 0 Å². The molecule has 0 aliphatic heterocycles. The van der Waals surface area contributed by atoms with E-state index < -0.39 is 17.4 Å². The summed E-state index contributed by atoms with van der Waals surface area (Å²) in [4.78, 5) is 36.6. The molecule has 5 heteroatoms. The molecular formula is C19H22O5. The first-order chi connectivity index (χ1) is 11.5. The summed E-state index contributed by atoms with van der Waals surface area (Å²) in [7, 11) is 0. The van der Waals surface area contributed by atoms with Gasteiger partial charge in [-0.3, -0.25) is 9.59 Å². The topological polar surface area (TPSA) is 69.7 Å². The lowest BCUT2D eigenvalue weighted by atomic mass is 9.82. The van der Waals surface area contributed by atoms with Gasteiger partial charge in [-0.15, -0.1) is 0 Å². The largest absolute Gasteiger partial charge is 0.462 e. The molecule has 1 fully saturated rings. The van der Waals surface area contributed by atoms with Crippen molar-refractivity contribution < 1.29 is 23.9 Å². The van der Waals surface area contributed by atoms with E-state index >= 15 is 0 Å². The molecule has 5 nitrogen and oxygen atoms in total. The first-order valence-electron chi connectivity index (χ1n) is 8.03. The number of ether oxygens (including phenoxy) is 2. The monoisotopic (exact) mass is 330 g/mol. The second-order valence-corrected chi connectivity index (χ2v) is 6.14. The Labute approximate surface area is 141 Å². The van der Waals surface area contributed by atoms with Crippen molar-refractivity contribution >= 4 is 17.7 Å². The van der Waals surface area contributed by atoms with E-state index in [2.05, 4.69) is 6.58 Å². The molecule has 2 rings (SSSR count). The van der Waals surface area contributed by atoms with Crippen LogP contribution in [0.25, 0.3) is 0 Å². The first kappa shape index (κ1) is 17.9. The number of carbonyl (C=O) groups is 3. The number of carbonyl (C=O) groups excluding carboxylic acids is 3. The van der Waals surface area contributed by atoms with Gasteiger partial charge in [-0.25, -0.2) is 4.79 Å². The van der Waals surface area contributed by atoms with Crippen molar-refractivity contribution in [2.45, 2.75) is 32.6 Å². The van der Waals surface area contributed by atoms with Gasteiger partial charge < -0.3 is 9.47 Å². The highest BCUT2D eigenvalue weighted by molar-refractivity contribution is 6.05. The maximum atomic E-state index is 12.4. The van der Waals surface area contributed by atoms with Crippen molar-refractivity contribution in [2.75, 3.05) is 13.2 Å². The zero-order valence-electron chi connectivity index (χ0n) is 13.9. The summed E-state index contributed by atoms with van der Waals surface area (Å²) in [6, 6.07) is 8.60. The van der Waals surface area contributed by atoms with Gasteiger partial charge in [0.05, 0.1) is 12.2 Å². The second kappa shape index (κ2) is 7.90. The fourth-order valence-electron chi connectivity index (χ4n) is 2.81. The maximum absolute atomic E-state index is 12.4.